The third-order valence-electron chi connectivity index (χ3n) is 4.13. The van der Waals surface area contributed by atoms with E-state index >= 15 is 0 Å². The molecule has 114 valence electrons. The van der Waals surface area contributed by atoms with Crippen molar-refractivity contribution in [3.05, 3.63) is 53.3 Å². The molecule has 0 bridgehead atoms. The van der Waals surface area contributed by atoms with Gasteiger partial charge in [-0.2, -0.15) is 5.10 Å². The molecule has 0 radical (unpaired) electrons. The lowest BCUT2D eigenvalue weighted by Gasteiger charge is -2.19. The molecule has 2 unspecified atom stereocenters. The summed E-state index contributed by atoms with van der Waals surface area (Å²) in [6.07, 6.45) is 4.14. The van der Waals surface area contributed by atoms with Crippen LogP contribution in [-0.2, 0) is 6.42 Å². The number of hydrogen-bond donors (Lipinski definition) is 1. The van der Waals surface area contributed by atoms with E-state index in [1.54, 1.807) is 0 Å². The molecule has 2 atom stereocenters. The van der Waals surface area contributed by atoms with Crippen molar-refractivity contribution in [2.75, 3.05) is 6.54 Å². The second kappa shape index (κ2) is 7.41. The largest absolute Gasteiger partial charge is 0.310 e. The second-order valence-electron chi connectivity index (χ2n) is 5.72. The molecular formula is C18H27N3. The number of likely N-dealkylation sites (N-methyl/N-ethyl adjacent to an activating group) is 1. The fourth-order valence-electron chi connectivity index (χ4n) is 2.64. The summed E-state index contributed by atoms with van der Waals surface area (Å²) in [6, 6.07) is 11.6. The molecule has 3 heteroatoms. The topological polar surface area (TPSA) is 29.9 Å². The maximum Gasteiger partial charge on any atom is 0.0643 e. The Labute approximate surface area is 128 Å². The van der Waals surface area contributed by atoms with Crippen LogP contribution in [0.4, 0.5) is 0 Å². The Bertz CT molecular complexity index is 559. The Morgan fingerprint density at radius 3 is 2.62 bits per heavy atom. The van der Waals surface area contributed by atoms with Gasteiger partial charge >= 0.3 is 0 Å². The Kier molecular flexibility index (Phi) is 5.57. The Hall–Kier alpha value is -1.61. The summed E-state index contributed by atoms with van der Waals surface area (Å²) in [5, 5.41) is 8.33. The molecule has 0 saturated carbocycles. The van der Waals surface area contributed by atoms with E-state index in [1.165, 1.54) is 11.1 Å². The maximum atomic E-state index is 4.73. The highest BCUT2D eigenvalue weighted by Crippen LogP contribution is 2.21. The molecule has 0 fully saturated rings. The molecule has 3 nitrogen and oxygen atoms in total. The molecule has 0 aliphatic carbocycles. The van der Waals surface area contributed by atoms with Crippen LogP contribution in [0.3, 0.4) is 0 Å². The van der Waals surface area contributed by atoms with Gasteiger partial charge < -0.3 is 5.32 Å². The second-order valence-corrected chi connectivity index (χ2v) is 5.72. The summed E-state index contributed by atoms with van der Waals surface area (Å²) < 4.78 is 2.08. The molecule has 2 aromatic rings. The quantitative estimate of drug-likeness (QED) is 0.831. The van der Waals surface area contributed by atoms with Crippen LogP contribution >= 0.6 is 0 Å². The van der Waals surface area contributed by atoms with Gasteiger partial charge in [0.25, 0.3) is 0 Å². The van der Waals surface area contributed by atoms with Gasteiger partial charge in [-0.1, -0.05) is 38.1 Å². The lowest BCUT2D eigenvalue weighted by atomic mass is 9.97. The number of benzene rings is 1. The summed E-state index contributed by atoms with van der Waals surface area (Å²) >= 11 is 0. The minimum Gasteiger partial charge on any atom is -0.310 e. The predicted molar refractivity (Wildman–Crippen MR) is 88.5 cm³/mol. The Morgan fingerprint density at radius 2 is 1.95 bits per heavy atom. The number of hydrogen-bond acceptors (Lipinski definition) is 2. The monoisotopic (exact) mass is 285 g/mol. The van der Waals surface area contributed by atoms with Crippen molar-refractivity contribution < 1.29 is 0 Å². The van der Waals surface area contributed by atoms with Crippen LogP contribution in [0.15, 0.2) is 36.5 Å². The van der Waals surface area contributed by atoms with Gasteiger partial charge in [0, 0.05) is 24.7 Å². The van der Waals surface area contributed by atoms with Crippen molar-refractivity contribution >= 4 is 0 Å². The third kappa shape index (κ3) is 3.94. The average Bonchev–Trinajstić information content (AvgIpc) is 2.95. The van der Waals surface area contributed by atoms with E-state index in [0.29, 0.717) is 12.1 Å². The van der Waals surface area contributed by atoms with E-state index in [1.807, 2.05) is 0 Å². The Morgan fingerprint density at radius 1 is 1.19 bits per heavy atom. The number of rotatable bonds is 7. The molecule has 0 saturated heterocycles. The minimum absolute atomic E-state index is 0.330. The lowest BCUT2D eigenvalue weighted by Crippen LogP contribution is -2.24. The van der Waals surface area contributed by atoms with E-state index in [2.05, 4.69) is 74.2 Å². The zero-order chi connectivity index (χ0) is 15.2. The third-order valence-corrected chi connectivity index (χ3v) is 4.13. The summed E-state index contributed by atoms with van der Waals surface area (Å²) in [4.78, 5) is 0. The normalized spacial score (nSPS) is 14.1. The van der Waals surface area contributed by atoms with E-state index in [-0.39, 0.29) is 0 Å². The van der Waals surface area contributed by atoms with Crippen LogP contribution in [0, 0.1) is 6.92 Å². The number of nitrogens with one attached hydrogen (secondary N) is 1. The number of aryl methyl sites for hydroxylation is 1. The fourth-order valence-corrected chi connectivity index (χ4v) is 2.64. The Balaban J connectivity index is 2.17. The van der Waals surface area contributed by atoms with Gasteiger partial charge in [-0.3, -0.25) is 4.68 Å². The minimum atomic E-state index is 0.330. The molecular weight excluding hydrogens is 258 g/mol. The molecule has 0 aliphatic rings. The van der Waals surface area contributed by atoms with Crippen molar-refractivity contribution in [1.29, 1.82) is 0 Å². The molecule has 0 amide bonds. The summed E-state index contributed by atoms with van der Waals surface area (Å²) in [5.74, 6) is 0. The van der Waals surface area contributed by atoms with E-state index in [0.717, 1.165) is 25.1 Å². The van der Waals surface area contributed by atoms with Gasteiger partial charge in [0.2, 0.25) is 0 Å². The number of nitrogens with zero attached hydrogens (tertiary/aromatic N) is 2. The first-order valence-corrected chi connectivity index (χ1v) is 7.98. The summed E-state index contributed by atoms with van der Waals surface area (Å²) in [6.45, 7) is 9.70. The molecule has 1 aromatic carbocycles. The van der Waals surface area contributed by atoms with Crippen molar-refractivity contribution in [3.63, 3.8) is 0 Å². The molecule has 1 aromatic heterocycles. The predicted octanol–water partition coefficient (Wildman–Crippen LogP) is 4.06. The van der Waals surface area contributed by atoms with Crippen molar-refractivity contribution in [1.82, 2.24) is 15.1 Å². The molecule has 0 aliphatic heterocycles. The summed E-state index contributed by atoms with van der Waals surface area (Å²) in [7, 11) is 0. The van der Waals surface area contributed by atoms with E-state index < -0.39 is 0 Å². The van der Waals surface area contributed by atoms with Gasteiger partial charge in [0.1, 0.15) is 0 Å². The highest BCUT2D eigenvalue weighted by Gasteiger charge is 2.15. The zero-order valence-electron chi connectivity index (χ0n) is 13.6. The van der Waals surface area contributed by atoms with Crippen LogP contribution in [0.5, 0.6) is 0 Å². The number of aromatic nitrogens is 2. The van der Waals surface area contributed by atoms with E-state index in [4.69, 9.17) is 5.10 Å². The maximum absolute atomic E-state index is 4.73. The van der Waals surface area contributed by atoms with Gasteiger partial charge in [-0.05, 0) is 44.0 Å². The highest BCUT2D eigenvalue weighted by atomic mass is 15.3. The first-order chi connectivity index (χ1) is 10.2. The smallest absolute Gasteiger partial charge is 0.0643 e. The van der Waals surface area contributed by atoms with Crippen molar-refractivity contribution in [2.45, 2.75) is 52.6 Å². The van der Waals surface area contributed by atoms with Crippen LogP contribution < -0.4 is 5.32 Å². The van der Waals surface area contributed by atoms with Gasteiger partial charge in [-0.25, -0.2) is 0 Å². The molecule has 1 N–H and O–H groups in total. The highest BCUT2D eigenvalue weighted by molar-refractivity contribution is 5.29. The first kappa shape index (κ1) is 15.8. The van der Waals surface area contributed by atoms with Crippen LogP contribution in [0.2, 0.25) is 0 Å². The SMILES string of the molecule is CCNC(Cc1ccn(C(C)CC)n1)c1ccccc1C. The average molecular weight is 285 g/mol. The molecule has 0 spiro atoms. The van der Waals surface area contributed by atoms with Crippen LogP contribution in [0.25, 0.3) is 0 Å². The van der Waals surface area contributed by atoms with E-state index in [9.17, 15) is 0 Å². The summed E-state index contributed by atoms with van der Waals surface area (Å²) in [5.41, 5.74) is 3.87. The van der Waals surface area contributed by atoms with Gasteiger partial charge in [-0.15, -0.1) is 0 Å². The first-order valence-electron chi connectivity index (χ1n) is 7.98. The zero-order valence-corrected chi connectivity index (χ0v) is 13.6. The molecule has 1 heterocycles. The van der Waals surface area contributed by atoms with Crippen molar-refractivity contribution in [3.8, 4) is 0 Å². The lowest BCUT2D eigenvalue weighted by molar-refractivity contribution is 0.467. The van der Waals surface area contributed by atoms with Gasteiger partial charge in [0.05, 0.1) is 5.69 Å². The molecule has 21 heavy (non-hydrogen) atoms. The molecule has 2 rings (SSSR count). The standard InChI is InChI=1S/C18H27N3/c1-5-15(4)21-12-11-16(20-21)13-18(19-6-2)17-10-8-7-9-14(17)3/h7-12,15,18-19H,5-6,13H2,1-4H3. The van der Waals surface area contributed by atoms with Crippen LogP contribution in [0.1, 0.15) is 56.1 Å². The fraction of sp³-hybridized carbons (Fsp3) is 0.500. The van der Waals surface area contributed by atoms with Crippen LogP contribution in [-0.4, -0.2) is 16.3 Å². The van der Waals surface area contributed by atoms with Crippen molar-refractivity contribution in [2.24, 2.45) is 0 Å². The van der Waals surface area contributed by atoms with Gasteiger partial charge in [0.15, 0.2) is 0 Å².